The van der Waals surface area contributed by atoms with E-state index in [0.29, 0.717) is 12.8 Å². The van der Waals surface area contributed by atoms with Crippen molar-refractivity contribution in [1.82, 2.24) is 15.5 Å². The van der Waals surface area contributed by atoms with E-state index in [0.717, 1.165) is 13.1 Å². The summed E-state index contributed by atoms with van der Waals surface area (Å²) in [4.78, 5) is 3.83. The Morgan fingerprint density at radius 3 is 2.69 bits per heavy atom. The van der Waals surface area contributed by atoms with E-state index in [1.807, 2.05) is 0 Å². The van der Waals surface area contributed by atoms with Gasteiger partial charge in [0.2, 0.25) is 0 Å². The highest BCUT2D eigenvalue weighted by Gasteiger charge is 2.36. The fourth-order valence-corrected chi connectivity index (χ4v) is 1.48. The zero-order chi connectivity index (χ0) is 9.31. The van der Waals surface area contributed by atoms with Gasteiger partial charge in [-0.2, -0.15) is 4.98 Å². The molecule has 0 saturated carbocycles. The average molecular weight is 184 g/mol. The second-order valence-electron chi connectivity index (χ2n) is 3.24. The number of nitrogens with zero attached hydrogens (tertiary/aromatic N) is 2. The molecule has 0 unspecified atom stereocenters. The van der Waals surface area contributed by atoms with Crippen LogP contribution in [0.5, 0.6) is 0 Å². The Bertz CT molecular complexity index is 292. The SMILES string of the molecule is Nc1noc(C2(O)CCNCC2)n1. The molecule has 1 aliphatic rings. The van der Waals surface area contributed by atoms with Crippen LogP contribution in [-0.2, 0) is 5.60 Å². The third-order valence-electron chi connectivity index (χ3n) is 2.27. The molecule has 1 aromatic heterocycles. The second-order valence-corrected chi connectivity index (χ2v) is 3.24. The Morgan fingerprint density at radius 2 is 2.15 bits per heavy atom. The number of nitrogens with one attached hydrogen (secondary N) is 1. The van der Waals surface area contributed by atoms with Gasteiger partial charge in [0.05, 0.1) is 0 Å². The van der Waals surface area contributed by atoms with Gasteiger partial charge >= 0.3 is 0 Å². The predicted octanol–water partition coefficient (Wildman–Crippen LogP) is -0.777. The predicted molar refractivity (Wildman–Crippen MR) is 44.7 cm³/mol. The third kappa shape index (κ3) is 1.50. The minimum atomic E-state index is -0.990. The van der Waals surface area contributed by atoms with Crippen molar-refractivity contribution in [3.8, 4) is 0 Å². The molecule has 0 aromatic carbocycles. The molecule has 1 fully saturated rings. The van der Waals surface area contributed by atoms with Crippen molar-refractivity contribution in [2.45, 2.75) is 18.4 Å². The highest BCUT2D eigenvalue weighted by Crippen LogP contribution is 2.28. The number of piperidine rings is 1. The summed E-state index contributed by atoms with van der Waals surface area (Å²) in [5, 5.41) is 16.6. The number of aromatic nitrogens is 2. The fraction of sp³-hybridized carbons (Fsp3) is 0.714. The number of aliphatic hydroxyl groups is 1. The summed E-state index contributed by atoms with van der Waals surface area (Å²) in [6.45, 7) is 1.50. The molecular weight excluding hydrogens is 172 g/mol. The lowest BCUT2D eigenvalue weighted by molar-refractivity contribution is -0.0228. The quantitative estimate of drug-likeness (QED) is 0.530. The lowest BCUT2D eigenvalue weighted by atomic mass is 9.92. The summed E-state index contributed by atoms with van der Waals surface area (Å²) in [6.07, 6.45) is 1.16. The second kappa shape index (κ2) is 2.97. The molecule has 0 radical (unpaired) electrons. The van der Waals surface area contributed by atoms with E-state index in [2.05, 4.69) is 15.5 Å². The van der Waals surface area contributed by atoms with E-state index in [1.165, 1.54) is 0 Å². The van der Waals surface area contributed by atoms with Crippen molar-refractivity contribution >= 4 is 5.95 Å². The standard InChI is InChI=1S/C7H12N4O2/c8-6-10-5(13-11-6)7(12)1-3-9-4-2-7/h9,12H,1-4H2,(H2,8,11). The van der Waals surface area contributed by atoms with Gasteiger partial charge in [-0.3, -0.25) is 0 Å². The number of hydrogen-bond donors (Lipinski definition) is 3. The lowest BCUT2D eigenvalue weighted by Gasteiger charge is -2.28. The van der Waals surface area contributed by atoms with Crippen LogP contribution in [0.2, 0.25) is 0 Å². The maximum atomic E-state index is 10.1. The van der Waals surface area contributed by atoms with Gasteiger partial charge in [0, 0.05) is 0 Å². The van der Waals surface area contributed by atoms with Crippen molar-refractivity contribution in [3.63, 3.8) is 0 Å². The van der Waals surface area contributed by atoms with Gasteiger partial charge in [-0.05, 0) is 31.1 Å². The van der Waals surface area contributed by atoms with Crippen molar-refractivity contribution in [1.29, 1.82) is 0 Å². The Hall–Kier alpha value is -1.14. The number of rotatable bonds is 1. The molecule has 4 N–H and O–H groups in total. The molecular formula is C7H12N4O2. The van der Waals surface area contributed by atoms with Gasteiger partial charge < -0.3 is 20.7 Å². The van der Waals surface area contributed by atoms with Crippen LogP contribution in [0.3, 0.4) is 0 Å². The van der Waals surface area contributed by atoms with E-state index in [4.69, 9.17) is 10.3 Å². The molecule has 72 valence electrons. The van der Waals surface area contributed by atoms with E-state index >= 15 is 0 Å². The molecule has 0 atom stereocenters. The number of nitrogens with two attached hydrogens (primary N) is 1. The van der Waals surface area contributed by atoms with Crippen LogP contribution in [0, 0.1) is 0 Å². The first-order chi connectivity index (χ1) is 6.21. The molecule has 1 aromatic rings. The smallest absolute Gasteiger partial charge is 0.260 e. The van der Waals surface area contributed by atoms with E-state index < -0.39 is 5.60 Å². The largest absolute Gasteiger partial charge is 0.380 e. The van der Waals surface area contributed by atoms with Gasteiger partial charge in [-0.25, -0.2) is 0 Å². The van der Waals surface area contributed by atoms with Crippen molar-refractivity contribution in [2.75, 3.05) is 18.8 Å². The van der Waals surface area contributed by atoms with E-state index in [9.17, 15) is 5.11 Å². The van der Waals surface area contributed by atoms with Crippen LogP contribution >= 0.6 is 0 Å². The molecule has 1 aliphatic heterocycles. The van der Waals surface area contributed by atoms with Crippen LogP contribution in [0.4, 0.5) is 5.95 Å². The maximum absolute atomic E-state index is 10.1. The average Bonchev–Trinajstić information content (AvgIpc) is 2.54. The fourth-order valence-electron chi connectivity index (χ4n) is 1.48. The molecule has 0 amide bonds. The van der Waals surface area contributed by atoms with Crippen molar-refractivity contribution in [3.05, 3.63) is 5.89 Å². The van der Waals surface area contributed by atoms with Gasteiger partial charge in [-0.1, -0.05) is 0 Å². The summed E-state index contributed by atoms with van der Waals surface area (Å²) >= 11 is 0. The minimum absolute atomic E-state index is 0.0713. The van der Waals surface area contributed by atoms with Crippen LogP contribution in [0.15, 0.2) is 4.52 Å². The van der Waals surface area contributed by atoms with Gasteiger partial charge in [-0.15, -0.1) is 0 Å². The molecule has 0 aliphatic carbocycles. The molecule has 1 saturated heterocycles. The molecule has 2 heterocycles. The van der Waals surface area contributed by atoms with E-state index in [-0.39, 0.29) is 11.8 Å². The number of hydrogen-bond acceptors (Lipinski definition) is 6. The summed E-state index contributed by atoms with van der Waals surface area (Å²) in [5.74, 6) is 0.299. The summed E-state index contributed by atoms with van der Waals surface area (Å²) in [5.41, 5.74) is 4.31. The van der Waals surface area contributed by atoms with Crippen molar-refractivity contribution < 1.29 is 9.63 Å². The van der Waals surface area contributed by atoms with E-state index in [1.54, 1.807) is 0 Å². The first-order valence-electron chi connectivity index (χ1n) is 4.23. The highest BCUT2D eigenvalue weighted by atomic mass is 16.5. The minimum Gasteiger partial charge on any atom is -0.380 e. The first kappa shape index (κ1) is 8.46. The molecule has 0 spiro atoms. The Labute approximate surface area is 75.1 Å². The highest BCUT2D eigenvalue weighted by molar-refractivity contribution is 5.14. The number of nitrogen functional groups attached to an aromatic ring is 1. The zero-order valence-corrected chi connectivity index (χ0v) is 7.16. The maximum Gasteiger partial charge on any atom is 0.260 e. The Morgan fingerprint density at radius 1 is 1.46 bits per heavy atom. The summed E-state index contributed by atoms with van der Waals surface area (Å²) in [6, 6.07) is 0. The van der Waals surface area contributed by atoms with Crippen molar-refractivity contribution in [2.24, 2.45) is 0 Å². The van der Waals surface area contributed by atoms with Crippen LogP contribution in [0.1, 0.15) is 18.7 Å². The Balaban J connectivity index is 2.22. The lowest BCUT2D eigenvalue weighted by Crippen LogP contribution is -2.39. The molecule has 0 bridgehead atoms. The molecule has 13 heavy (non-hydrogen) atoms. The summed E-state index contributed by atoms with van der Waals surface area (Å²) in [7, 11) is 0. The normalized spacial score (nSPS) is 21.6. The van der Waals surface area contributed by atoms with Gasteiger partial charge in [0.25, 0.3) is 11.8 Å². The monoisotopic (exact) mass is 184 g/mol. The third-order valence-corrected chi connectivity index (χ3v) is 2.27. The molecule has 6 heteroatoms. The molecule has 2 rings (SSSR count). The van der Waals surface area contributed by atoms with Gasteiger partial charge in [0.15, 0.2) is 0 Å². The van der Waals surface area contributed by atoms with Gasteiger partial charge in [0.1, 0.15) is 5.60 Å². The first-order valence-corrected chi connectivity index (χ1v) is 4.23. The van der Waals surface area contributed by atoms with Crippen LogP contribution in [-0.4, -0.2) is 28.3 Å². The Kier molecular flexibility index (Phi) is 1.93. The van der Waals surface area contributed by atoms with Crippen LogP contribution < -0.4 is 11.1 Å². The topological polar surface area (TPSA) is 97.2 Å². The summed E-state index contributed by atoms with van der Waals surface area (Å²) < 4.78 is 4.84. The van der Waals surface area contributed by atoms with Crippen LogP contribution in [0.25, 0.3) is 0 Å². The zero-order valence-electron chi connectivity index (χ0n) is 7.16. The number of anilines is 1. The molecule has 6 nitrogen and oxygen atoms in total.